The number of hydrogen-bond acceptors (Lipinski definition) is 5. The fraction of sp³-hybridized carbons (Fsp3) is 0.130. The Balaban J connectivity index is 1.60. The van der Waals surface area contributed by atoms with Crippen molar-refractivity contribution in [2.45, 2.75) is 11.8 Å². The monoisotopic (exact) mass is 438 g/mol. The Bertz CT molecular complexity index is 1180. The predicted molar refractivity (Wildman–Crippen MR) is 119 cm³/mol. The molecule has 7 nitrogen and oxygen atoms in total. The summed E-state index contributed by atoms with van der Waals surface area (Å²) in [5.41, 5.74) is 1.47. The molecule has 0 aromatic heterocycles. The zero-order valence-electron chi connectivity index (χ0n) is 17.1. The normalized spacial score (nSPS) is 10.9. The van der Waals surface area contributed by atoms with Gasteiger partial charge < -0.3 is 10.1 Å². The molecule has 0 heterocycles. The van der Waals surface area contributed by atoms with Crippen molar-refractivity contribution in [3.8, 4) is 5.75 Å². The third-order valence-corrected chi connectivity index (χ3v) is 6.32. The number of nitrogens with one attached hydrogen (secondary N) is 1. The Labute approximate surface area is 181 Å². The van der Waals surface area contributed by atoms with Crippen molar-refractivity contribution >= 4 is 33.1 Å². The summed E-state index contributed by atoms with van der Waals surface area (Å²) in [7, 11) is -2.20. The van der Waals surface area contributed by atoms with E-state index >= 15 is 0 Å². The number of nitrogens with zero attached hydrogens (tertiary/aromatic N) is 1. The molecule has 0 spiro atoms. The largest absolute Gasteiger partial charge is 0.484 e. The van der Waals surface area contributed by atoms with Gasteiger partial charge >= 0.3 is 0 Å². The van der Waals surface area contributed by atoms with Gasteiger partial charge in [-0.3, -0.25) is 13.9 Å². The Kier molecular flexibility index (Phi) is 6.71. The maximum atomic E-state index is 12.7. The maximum absolute atomic E-state index is 12.7. The standard InChI is InChI=1S/C23H22N2O5S/c1-17(26)18-7-6-8-19(15-18)24-23(27)16-30-21-13-11-20(12-14-21)25(2)31(28,29)22-9-4-3-5-10-22/h3-15H,16H2,1-2H3,(H,24,27). The van der Waals surface area contributed by atoms with Gasteiger partial charge in [0.2, 0.25) is 0 Å². The molecule has 1 amide bonds. The number of sulfonamides is 1. The predicted octanol–water partition coefficient (Wildman–Crippen LogP) is 3.73. The molecule has 0 radical (unpaired) electrons. The van der Waals surface area contributed by atoms with E-state index in [0.29, 0.717) is 22.7 Å². The molecule has 0 unspecified atom stereocenters. The summed E-state index contributed by atoms with van der Waals surface area (Å²) in [5, 5.41) is 2.67. The van der Waals surface area contributed by atoms with Crippen molar-refractivity contribution in [1.82, 2.24) is 0 Å². The first-order valence-corrected chi connectivity index (χ1v) is 10.9. The highest BCUT2D eigenvalue weighted by atomic mass is 32.2. The molecule has 0 saturated carbocycles. The number of anilines is 2. The SMILES string of the molecule is CC(=O)c1cccc(NC(=O)COc2ccc(N(C)S(=O)(=O)c3ccccc3)cc2)c1. The van der Waals surface area contributed by atoms with Gasteiger partial charge in [0.05, 0.1) is 10.6 Å². The number of benzene rings is 3. The summed E-state index contributed by atoms with van der Waals surface area (Å²) in [6, 6.07) is 21.2. The summed E-state index contributed by atoms with van der Waals surface area (Å²) in [5.74, 6) is -0.0536. The van der Waals surface area contributed by atoms with Crippen LogP contribution in [0.1, 0.15) is 17.3 Å². The molecule has 0 bridgehead atoms. The average Bonchev–Trinajstić information content (AvgIpc) is 2.78. The van der Waals surface area contributed by atoms with E-state index in [0.717, 1.165) is 0 Å². The molecular weight excluding hydrogens is 416 g/mol. The van der Waals surface area contributed by atoms with Gasteiger partial charge in [0.1, 0.15) is 5.75 Å². The first-order chi connectivity index (χ1) is 14.8. The minimum atomic E-state index is -3.67. The molecule has 3 rings (SSSR count). The molecule has 0 aliphatic carbocycles. The molecule has 0 aliphatic rings. The molecular formula is C23H22N2O5S. The number of ether oxygens (including phenoxy) is 1. The Hall–Kier alpha value is -3.65. The van der Waals surface area contributed by atoms with E-state index in [2.05, 4.69) is 5.32 Å². The minimum absolute atomic E-state index is 0.0910. The lowest BCUT2D eigenvalue weighted by atomic mass is 10.1. The van der Waals surface area contributed by atoms with Crippen molar-refractivity contribution in [3.05, 3.63) is 84.4 Å². The van der Waals surface area contributed by atoms with Crippen LogP contribution in [0.25, 0.3) is 0 Å². The molecule has 160 valence electrons. The zero-order chi connectivity index (χ0) is 22.4. The summed E-state index contributed by atoms with van der Waals surface area (Å²) in [6.07, 6.45) is 0. The molecule has 8 heteroatoms. The van der Waals surface area contributed by atoms with E-state index in [4.69, 9.17) is 4.74 Å². The number of Topliss-reactive ketones (excluding diaryl/α,β-unsaturated/α-hetero) is 1. The van der Waals surface area contributed by atoms with E-state index in [1.54, 1.807) is 66.7 Å². The molecule has 3 aromatic rings. The van der Waals surface area contributed by atoms with Crippen LogP contribution in [0, 0.1) is 0 Å². The second kappa shape index (κ2) is 9.44. The summed E-state index contributed by atoms with van der Waals surface area (Å²) in [6.45, 7) is 1.22. The van der Waals surface area contributed by atoms with E-state index in [1.807, 2.05) is 0 Å². The summed E-state index contributed by atoms with van der Waals surface area (Å²) in [4.78, 5) is 23.8. The van der Waals surface area contributed by atoms with Gasteiger partial charge in [-0.25, -0.2) is 8.42 Å². The maximum Gasteiger partial charge on any atom is 0.264 e. The summed E-state index contributed by atoms with van der Waals surface area (Å²) < 4.78 is 32.0. The van der Waals surface area contributed by atoms with Gasteiger partial charge in [-0.15, -0.1) is 0 Å². The Morgan fingerprint density at radius 3 is 2.26 bits per heavy atom. The van der Waals surface area contributed by atoms with Gasteiger partial charge in [0, 0.05) is 18.3 Å². The van der Waals surface area contributed by atoms with Gasteiger partial charge in [-0.05, 0) is 55.5 Å². The molecule has 31 heavy (non-hydrogen) atoms. The van der Waals surface area contributed by atoms with E-state index in [1.165, 1.54) is 30.4 Å². The lowest BCUT2D eigenvalue weighted by Gasteiger charge is -2.19. The van der Waals surface area contributed by atoms with Crippen LogP contribution < -0.4 is 14.4 Å². The number of amides is 1. The lowest BCUT2D eigenvalue weighted by Crippen LogP contribution is -2.26. The molecule has 0 fully saturated rings. The topological polar surface area (TPSA) is 92.8 Å². The number of carbonyl (C=O) groups is 2. The smallest absolute Gasteiger partial charge is 0.264 e. The van der Waals surface area contributed by atoms with Gasteiger partial charge in [-0.2, -0.15) is 0 Å². The van der Waals surface area contributed by atoms with Crippen molar-refractivity contribution in [1.29, 1.82) is 0 Å². The molecule has 1 N–H and O–H groups in total. The zero-order valence-corrected chi connectivity index (χ0v) is 17.9. The van der Waals surface area contributed by atoms with Crippen LogP contribution in [0.5, 0.6) is 5.75 Å². The highest BCUT2D eigenvalue weighted by molar-refractivity contribution is 7.92. The van der Waals surface area contributed by atoms with E-state index < -0.39 is 10.0 Å². The molecule has 0 atom stereocenters. The van der Waals surface area contributed by atoms with Crippen molar-refractivity contribution in [3.63, 3.8) is 0 Å². The highest BCUT2D eigenvalue weighted by Crippen LogP contribution is 2.24. The number of hydrogen-bond donors (Lipinski definition) is 1. The van der Waals surface area contributed by atoms with Crippen LogP contribution in [-0.2, 0) is 14.8 Å². The van der Waals surface area contributed by atoms with Gasteiger partial charge in [0.25, 0.3) is 15.9 Å². The van der Waals surface area contributed by atoms with Crippen LogP contribution in [-0.4, -0.2) is 33.8 Å². The fourth-order valence-electron chi connectivity index (χ4n) is 2.80. The number of carbonyl (C=O) groups excluding carboxylic acids is 2. The van der Waals surface area contributed by atoms with Crippen LogP contribution in [0.3, 0.4) is 0 Å². The van der Waals surface area contributed by atoms with Crippen LogP contribution >= 0.6 is 0 Å². The molecule has 0 aliphatic heterocycles. The van der Waals surface area contributed by atoms with Crippen LogP contribution in [0.15, 0.2) is 83.8 Å². The average molecular weight is 439 g/mol. The van der Waals surface area contributed by atoms with Crippen LogP contribution in [0.4, 0.5) is 11.4 Å². The van der Waals surface area contributed by atoms with Gasteiger partial charge in [0.15, 0.2) is 12.4 Å². The van der Waals surface area contributed by atoms with E-state index in [-0.39, 0.29) is 23.2 Å². The first kappa shape index (κ1) is 22.0. The first-order valence-electron chi connectivity index (χ1n) is 9.45. The van der Waals surface area contributed by atoms with E-state index in [9.17, 15) is 18.0 Å². The van der Waals surface area contributed by atoms with Gasteiger partial charge in [-0.1, -0.05) is 30.3 Å². The fourth-order valence-corrected chi connectivity index (χ4v) is 4.02. The molecule has 0 saturated heterocycles. The van der Waals surface area contributed by atoms with Crippen molar-refractivity contribution < 1.29 is 22.7 Å². The minimum Gasteiger partial charge on any atom is -0.484 e. The van der Waals surface area contributed by atoms with Crippen LogP contribution in [0.2, 0.25) is 0 Å². The summed E-state index contributed by atoms with van der Waals surface area (Å²) >= 11 is 0. The van der Waals surface area contributed by atoms with Crippen molar-refractivity contribution in [2.75, 3.05) is 23.3 Å². The third kappa shape index (κ3) is 5.49. The van der Waals surface area contributed by atoms with Crippen molar-refractivity contribution in [2.24, 2.45) is 0 Å². The quantitative estimate of drug-likeness (QED) is 0.541. The highest BCUT2D eigenvalue weighted by Gasteiger charge is 2.20. The second-order valence-electron chi connectivity index (χ2n) is 6.75. The number of rotatable bonds is 8. The third-order valence-electron chi connectivity index (χ3n) is 4.52. The number of ketones is 1. The Morgan fingerprint density at radius 2 is 1.61 bits per heavy atom. The molecule has 3 aromatic carbocycles. The Morgan fingerprint density at radius 1 is 0.935 bits per heavy atom. The second-order valence-corrected chi connectivity index (χ2v) is 8.72. The lowest BCUT2D eigenvalue weighted by molar-refractivity contribution is -0.118.